The summed E-state index contributed by atoms with van der Waals surface area (Å²) < 4.78 is 22.9. The van der Waals surface area contributed by atoms with Gasteiger partial charge in [-0.3, -0.25) is 9.89 Å². The quantitative estimate of drug-likeness (QED) is 0.595. The number of fused-ring (bicyclic) bond motifs is 1. The average Bonchev–Trinajstić information content (AvgIpc) is 2.96. The molecule has 0 aromatic heterocycles. The molecule has 2 saturated heterocycles. The molecule has 2 atom stereocenters. The van der Waals surface area contributed by atoms with Crippen LogP contribution in [0.25, 0.3) is 0 Å². The standard InChI is InChI=1S/C16H30N4O2S/c1-17-16(20-12-14-4-2-3-5-15(14)13-20)18-6-7-19-8-10-23(21,22)11-9-19/h14-15H,2-13H2,1H3,(H,17,18). The van der Waals surface area contributed by atoms with Gasteiger partial charge in [-0.2, -0.15) is 0 Å². The fourth-order valence-electron chi connectivity index (χ4n) is 4.21. The van der Waals surface area contributed by atoms with E-state index in [1.54, 1.807) is 0 Å². The van der Waals surface area contributed by atoms with Crippen LogP contribution in [0.4, 0.5) is 0 Å². The monoisotopic (exact) mass is 342 g/mol. The van der Waals surface area contributed by atoms with Crippen LogP contribution < -0.4 is 5.32 Å². The first kappa shape index (κ1) is 17.0. The lowest BCUT2D eigenvalue weighted by Crippen LogP contribution is -2.46. The van der Waals surface area contributed by atoms with Gasteiger partial charge in [-0.1, -0.05) is 12.8 Å². The summed E-state index contributed by atoms with van der Waals surface area (Å²) in [5.41, 5.74) is 0. The smallest absolute Gasteiger partial charge is 0.193 e. The van der Waals surface area contributed by atoms with Crippen molar-refractivity contribution in [3.8, 4) is 0 Å². The van der Waals surface area contributed by atoms with Crippen LogP contribution >= 0.6 is 0 Å². The Labute approximate surface area is 140 Å². The molecule has 2 aliphatic heterocycles. The summed E-state index contributed by atoms with van der Waals surface area (Å²) in [4.78, 5) is 9.10. The zero-order valence-corrected chi connectivity index (χ0v) is 15.0. The number of hydrogen-bond donors (Lipinski definition) is 1. The predicted molar refractivity (Wildman–Crippen MR) is 93.5 cm³/mol. The van der Waals surface area contributed by atoms with E-state index in [1.165, 1.54) is 25.7 Å². The number of sulfone groups is 1. The number of aliphatic imine (C=N–C) groups is 1. The van der Waals surface area contributed by atoms with Gasteiger partial charge >= 0.3 is 0 Å². The van der Waals surface area contributed by atoms with Crippen molar-refractivity contribution in [3.63, 3.8) is 0 Å². The van der Waals surface area contributed by atoms with Gasteiger partial charge in [0.25, 0.3) is 0 Å². The SMILES string of the molecule is CN=C(NCCN1CCS(=O)(=O)CC1)N1CC2CCCCC2C1. The lowest BCUT2D eigenvalue weighted by Gasteiger charge is -2.28. The topological polar surface area (TPSA) is 65.0 Å². The van der Waals surface area contributed by atoms with E-state index in [9.17, 15) is 8.42 Å². The van der Waals surface area contributed by atoms with Gasteiger partial charge in [-0.15, -0.1) is 0 Å². The summed E-state index contributed by atoms with van der Waals surface area (Å²) in [5, 5.41) is 3.47. The fraction of sp³-hybridized carbons (Fsp3) is 0.938. The van der Waals surface area contributed by atoms with Crippen molar-refractivity contribution in [2.75, 3.05) is 57.8 Å². The van der Waals surface area contributed by atoms with E-state index in [0.717, 1.165) is 44.0 Å². The van der Waals surface area contributed by atoms with E-state index in [2.05, 4.69) is 20.1 Å². The molecule has 23 heavy (non-hydrogen) atoms. The summed E-state index contributed by atoms with van der Waals surface area (Å²) in [7, 11) is -0.922. The van der Waals surface area contributed by atoms with Crippen LogP contribution in [-0.2, 0) is 9.84 Å². The Hall–Kier alpha value is -0.820. The first-order valence-electron chi connectivity index (χ1n) is 8.96. The van der Waals surface area contributed by atoms with Crippen molar-refractivity contribution >= 4 is 15.8 Å². The molecular weight excluding hydrogens is 312 g/mol. The van der Waals surface area contributed by atoms with E-state index < -0.39 is 9.84 Å². The number of likely N-dealkylation sites (tertiary alicyclic amines) is 1. The second kappa shape index (κ2) is 7.38. The van der Waals surface area contributed by atoms with E-state index in [-0.39, 0.29) is 0 Å². The predicted octanol–water partition coefficient (Wildman–Crippen LogP) is 0.414. The minimum atomic E-state index is -2.78. The molecule has 3 rings (SSSR count). The first-order chi connectivity index (χ1) is 11.1. The maximum atomic E-state index is 11.5. The lowest BCUT2D eigenvalue weighted by molar-refractivity contribution is 0.298. The molecule has 2 unspecified atom stereocenters. The molecule has 1 N–H and O–H groups in total. The van der Waals surface area contributed by atoms with Crippen LogP contribution in [0, 0.1) is 11.8 Å². The van der Waals surface area contributed by atoms with Gasteiger partial charge in [0.2, 0.25) is 0 Å². The van der Waals surface area contributed by atoms with E-state index in [4.69, 9.17) is 0 Å². The molecule has 0 aromatic carbocycles. The molecule has 0 bridgehead atoms. The molecule has 0 radical (unpaired) electrons. The second-order valence-electron chi connectivity index (χ2n) is 7.18. The van der Waals surface area contributed by atoms with Crippen molar-refractivity contribution in [3.05, 3.63) is 0 Å². The van der Waals surface area contributed by atoms with Crippen molar-refractivity contribution in [1.29, 1.82) is 0 Å². The third kappa shape index (κ3) is 4.38. The lowest BCUT2D eigenvalue weighted by atomic mass is 9.82. The molecule has 1 aliphatic carbocycles. The maximum absolute atomic E-state index is 11.5. The fourth-order valence-corrected chi connectivity index (χ4v) is 5.49. The molecule has 3 fully saturated rings. The Bertz CT molecular complexity index is 506. The van der Waals surface area contributed by atoms with Gasteiger partial charge in [0.1, 0.15) is 0 Å². The minimum Gasteiger partial charge on any atom is -0.355 e. The Kier molecular flexibility index (Phi) is 5.46. The molecule has 3 aliphatic rings. The highest BCUT2D eigenvalue weighted by Crippen LogP contribution is 2.35. The van der Waals surface area contributed by atoms with Crippen molar-refractivity contribution in [2.45, 2.75) is 25.7 Å². The molecule has 2 heterocycles. The van der Waals surface area contributed by atoms with Crippen LogP contribution in [0.15, 0.2) is 4.99 Å². The maximum Gasteiger partial charge on any atom is 0.193 e. The van der Waals surface area contributed by atoms with Crippen molar-refractivity contribution in [1.82, 2.24) is 15.1 Å². The minimum absolute atomic E-state index is 0.303. The number of guanidine groups is 1. The van der Waals surface area contributed by atoms with Crippen LogP contribution in [0.2, 0.25) is 0 Å². The highest BCUT2D eigenvalue weighted by Gasteiger charge is 2.35. The third-order valence-corrected chi connectivity index (χ3v) is 7.24. The Morgan fingerprint density at radius 1 is 1.13 bits per heavy atom. The molecule has 0 spiro atoms. The van der Waals surface area contributed by atoms with Gasteiger partial charge in [-0.25, -0.2) is 8.42 Å². The van der Waals surface area contributed by atoms with Crippen LogP contribution in [0.1, 0.15) is 25.7 Å². The summed E-state index contributed by atoms with van der Waals surface area (Å²) in [6.07, 6.45) is 5.53. The normalized spacial score (nSPS) is 31.9. The molecular formula is C16H30N4O2S. The highest BCUT2D eigenvalue weighted by atomic mass is 32.2. The second-order valence-corrected chi connectivity index (χ2v) is 9.48. The first-order valence-corrected chi connectivity index (χ1v) is 10.8. The number of hydrogen-bond acceptors (Lipinski definition) is 4. The van der Waals surface area contributed by atoms with E-state index in [1.807, 2.05) is 7.05 Å². The number of nitrogens with one attached hydrogen (secondary N) is 1. The van der Waals surface area contributed by atoms with Gasteiger partial charge in [-0.05, 0) is 24.7 Å². The zero-order valence-electron chi connectivity index (χ0n) is 14.2. The van der Waals surface area contributed by atoms with Crippen molar-refractivity contribution in [2.24, 2.45) is 16.8 Å². The molecule has 7 heteroatoms. The van der Waals surface area contributed by atoms with Crippen LogP contribution in [0.3, 0.4) is 0 Å². The molecule has 1 saturated carbocycles. The summed E-state index contributed by atoms with van der Waals surface area (Å²) >= 11 is 0. The van der Waals surface area contributed by atoms with Gasteiger partial charge < -0.3 is 10.2 Å². The Balaban J connectivity index is 1.42. The molecule has 6 nitrogen and oxygen atoms in total. The summed E-state index contributed by atoms with van der Waals surface area (Å²) in [5.74, 6) is 3.34. The van der Waals surface area contributed by atoms with E-state index in [0.29, 0.717) is 24.6 Å². The molecule has 0 aromatic rings. The van der Waals surface area contributed by atoms with Gasteiger partial charge in [0.05, 0.1) is 11.5 Å². The number of nitrogens with zero attached hydrogens (tertiary/aromatic N) is 3. The zero-order chi connectivity index (χ0) is 16.3. The van der Waals surface area contributed by atoms with Crippen molar-refractivity contribution < 1.29 is 8.42 Å². The Morgan fingerprint density at radius 2 is 1.74 bits per heavy atom. The van der Waals surface area contributed by atoms with Crippen LogP contribution in [0.5, 0.6) is 0 Å². The van der Waals surface area contributed by atoms with Gasteiger partial charge in [0, 0.05) is 46.3 Å². The summed E-state index contributed by atoms with van der Waals surface area (Å²) in [6.45, 7) is 5.33. The Morgan fingerprint density at radius 3 is 2.30 bits per heavy atom. The summed E-state index contributed by atoms with van der Waals surface area (Å²) in [6, 6.07) is 0. The van der Waals surface area contributed by atoms with E-state index >= 15 is 0 Å². The average molecular weight is 343 g/mol. The third-order valence-electron chi connectivity index (χ3n) is 5.64. The highest BCUT2D eigenvalue weighted by molar-refractivity contribution is 7.91. The van der Waals surface area contributed by atoms with Gasteiger partial charge in [0.15, 0.2) is 15.8 Å². The molecule has 0 amide bonds. The molecule has 132 valence electrons. The van der Waals surface area contributed by atoms with Crippen LogP contribution in [-0.4, -0.2) is 82.0 Å². The number of rotatable bonds is 3. The largest absolute Gasteiger partial charge is 0.355 e.